The number of aromatic nitrogens is 2. The molecule has 0 bridgehead atoms. The van der Waals surface area contributed by atoms with E-state index in [1.165, 1.54) is 11.3 Å². The molecular weight excluding hydrogens is 430 g/mol. The zero-order valence-electron chi connectivity index (χ0n) is 17.0. The number of hydrogen-bond acceptors (Lipinski definition) is 5. The Morgan fingerprint density at radius 2 is 1.94 bits per heavy atom. The number of halogens is 1. The van der Waals surface area contributed by atoms with Gasteiger partial charge in [-0.05, 0) is 55.3 Å². The SMILES string of the molecule is Cc1cc(C)c(O)c(C2=NOC(c3cn(-c4ccccc4)nc3-c3ccc(Cl)s3)C2)c1. The number of rotatable bonds is 4. The van der Waals surface area contributed by atoms with Gasteiger partial charge < -0.3 is 9.94 Å². The molecule has 0 saturated carbocycles. The second-order valence-corrected chi connectivity index (χ2v) is 9.35. The van der Waals surface area contributed by atoms with Gasteiger partial charge in [0.2, 0.25) is 0 Å². The summed E-state index contributed by atoms with van der Waals surface area (Å²) in [5, 5.41) is 19.7. The van der Waals surface area contributed by atoms with Crippen molar-refractivity contribution >= 4 is 28.6 Å². The molecule has 0 saturated heterocycles. The average Bonchev–Trinajstić information content (AvgIpc) is 3.50. The predicted octanol–water partition coefficient (Wildman–Crippen LogP) is 6.44. The molecule has 5 nitrogen and oxygen atoms in total. The highest BCUT2D eigenvalue weighted by Crippen LogP contribution is 2.40. The van der Waals surface area contributed by atoms with Crippen LogP contribution in [0.25, 0.3) is 16.3 Å². The Kier molecular flexibility index (Phi) is 5.04. The standard InChI is InChI=1S/C24H20ClN3O2S/c1-14-10-15(2)24(29)17(11-14)19-12-20(30-27-19)18-13-28(16-6-4-3-5-7-16)26-23(18)21-8-9-22(25)31-21/h3-11,13,20,29H,12H2,1-2H3. The summed E-state index contributed by atoms with van der Waals surface area (Å²) < 4.78 is 2.56. The maximum Gasteiger partial charge on any atom is 0.161 e. The van der Waals surface area contributed by atoms with Gasteiger partial charge in [-0.15, -0.1) is 11.3 Å². The Bertz CT molecular complexity index is 1290. The van der Waals surface area contributed by atoms with E-state index in [0.29, 0.717) is 10.8 Å². The van der Waals surface area contributed by atoms with E-state index in [2.05, 4.69) is 5.16 Å². The number of benzene rings is 2. The molecule has 156 valence electrons. The second kappa shape index (κ2) is 7.87. The zero-order valence-corrected chi connectivity index (χ0v) is 18.6. The minimum Gasteiger partial charge on any atom is -0.507 e. The molecule has 5 rings (SSSR count). The van der Waals surface area contributed by atoms with E-state index in [9.17, 15) is 5.11 Å². The molecule has 2 aromatic heterocycles. The number of aryl methyl sites for hydroxylation is 2. The first-order valence-electron chi connectivity index (χ1n) is 9.93. The molecule has 0 fully saturated rings. The van der Waals surface area contributed by atoms with Crippen molar-refractivity contribution in [3.8, 4) is 22.0 Å². The van der Waals surface area contributed by atoms with Gasteiger partial charge in [-0.3, -0.25) is 0 Å². The van der Waals surface area contributed by atoms with Crippen LogP contribution in [0.4, 0.5) is 0 Å². The number of thiophene rings is 1. The lowest BCUT2D eigenvalue weighted by Crippen LogP contribution is -2.03. The lowest BCUT2D eigenvalue weighted by Gasteiger charge is -2.09. The van der Waals surface area contributed by atoms with E-state index in [0.717, 1.165) is 44.2 Å². The smallest absolute Gasteiger partial charge is 0.161 e. The summed E-state index contributed by atoms with van der Waals surface area (Å²) in [6, 6.07) is 17.7. The van der Waals surface area contributed by atoms with Gasteiger partial charge in [-0.1, -0.05) is 41.0 Å². The van der Waals surface area contributed by atoms with Gasteiger partial charge in [0.1, 0.15) is 11.4 Å². The molecule has 4 aromatic rings. The maximum absolute atomic E-state index is 10.6. The summed E-state index contributed by atoms with van der Waals surface area (Å²) in [6.07, 6.45) is 2.23. The lowest BCUT2D eigenvalue weighted by atomic mass is 9.96. The molecule has 0 spiro atoms. The number of hydrogen-bond donors (Lipinski definition) is 1. The van der Waals surface area contributed by atoms with Crippen LogP contribution < -0.4 is 0 Å². The predicted molar refractivity (Wildman–Crippen MR) is 124 cm³/mol. The van der Waals surface area contributed by atoms with Crippen molar-refractivity contribution in [2.24, 2.45) is 5.16 Å². The monoisotopic (exact) mass is 449 g/mol. The van der Waals surface area contributed by atoms with E-state index in [1.54, 1.807) is 0 Å². The number of phenols is 1. The summed E-state index contributed by atoms with van der Waals surface area (Å²) in [6.45, 7) is 3.90. The number of aromatic hydroxyl groups is 1. The van der Waals surface area contributed by atoms with Crippen molar-refractivity contribution < 1.29 is 9.94 Å². The highest BCUT2D eigenvalue weighted by Gasteiger charge is 2.30. The number of para-hydroxylation sites is 1. The van der Waals surface area contributed by atoms with E-state index in [-0.39, 0.29) is 11.9 Å². The van der Waals surface area contributed by atoms with Crippen LogP contribution >= 0.6 is 22.9 Å². The van der Waals surface area contributed by atoms with Crippen LogP contribution in [0.15, 0.2) is 65.9 Å². The molecule has 7 heteroatoms. The van der Waals surface area contributed by atoms with Crippen molar-refractivity contribution in [1.82, 2.24) is 9.78 Å². The van der Waals surface area contributed by atoms with Gasteiger partial charge in [0.25, 0.3) is 0 Å². The third-order valence-electron chi connectivity index (χ3n) is 5.34. The van der Waals surface area contributed by atoms with Crippen molar-refractivity contribution in [3.63, 3.8) is 0 Å². The van der Waals surface area contributed by atoms with Crippen molar-refractivity contribution in [2.75, 3.05) is 0 Å². The Morgan fingerprint density at radius 3 is 2.68 bits per heavy atom. The van der Waals surface area contributed by atoms with Gasteiger partial charge in [0.05, 0.1) is 20.6 Å². The van der Waals surface area contributed by atoms with Crippen LogP contribution in [0.2, 0.25) is 4.34 Å². The molecule has 0 radical (unpaired) electrons. The van der Waals surface area contributed by atoms with E-state index in [4.69, 9.17) is 21.5 Å². The molecule has 1 aliphatic heterocycles. The minimum absolute atomic E-state index is 0.249. The van der Waals surface area contributed by atoms with Crippen LogP contribution in [0.3, 0.4) is 0 Å². The Morgan fingerprint density at radius 1 is 1.13 bits per heavy atom. The molecule has 1 atom stereocenters. The Labute approximate surface area is 189 Å². The quantitative estimate of drug-likeness (QED) is 0.390. The van der Waals surface area contributed by atoms with E-state index in [1.807, 2.05) is 79.3 Å². The summed E-state index contributed by atoms with van der Waals surface area (Å²) >= 11 is 7.68. The fourth-order valence-corrected chi connectivity index (χ4v) is 4.90. The highest BCUT2D eigenvalue weighted by molar-refractivity contribution is 7.19. The number of oxime groups is 1. The summed E-state index contributed by atoms with van der Waals surface area (Å²) in [4.78, 5) is 6.83. The summed E-state index contributed by atoms with van der Waals surface area (Å²) in [5.41, 5.74) is 6.07. The highest BCUT2D eigenvalue weighted by atomic mass is 35.5. The summed E-state index contributed by atoms with van der Waals surface area (Å²) in [7, 11) is 0. The molecule has 1 N–H and O–H groups in total. The van der Waals surface area contributed by atoms with Crippen LogP contribution in [0, 0.1) is 13.8 Å². The van der Waals surface area contributed by atoms with Crippen LogP contribution in [-0.2, 0) is 4.84 Å². The molecule has 0 amide bonds. The van der Waals surface area contributed by atoms with Gasteiger partial charge in [0.15, 0.2) is 6.10 Å². The zero-order chi connectivity index (χ0) is 21.5. The van der Waals surface area contributed by atoms with Gasteiger partial charge >= 0.3 is 0 Å². The second-order valence-electron chi connectivity index (χ2n) is 7.63. The van der Waals surface area contributed by atoms with Crippen LogP contribution in [-0.4, -0.2) is 20.6 Å². The van der Waals surface area contributed by atoms with Crippen LogP contribution in [0.5, 0.6) is 5.75 Å². The number of nitrogens with zero attached hydrogens (tertiary/aromatic N) is 3. The van der Waals surface area contributed by atoms with Crippen molar-refractivity contribution in [2.45, 2.75) is 26.4 Å². The first-order chi connectivity index (χ1) is 15.0. The topological polar surface area (TPSA) is 59.6 Å². The number of phenolic OH excluding ortho intramolecular Hbond substituents is 1. The lowest BCUT2D eigenvalue weighted by molar-refractivity contribution is 0.0861. The fourth-order valence-electron chi connectivity index (χ4n) is 3.85. The molecule has 3 heterocycles. The normalized spacial score (nSPS) is 15.7. The minimum atomic E-state index is -0.302. The van der Waals surface area contributed by atoms with Crippen molar-refractivity contribution in [1.29, 1.82) is 0 Å². The van der Waals surface area contributed by atoms with E-state index >= 15 is 0 Å². The molecule has 0 aliphatic carbocycles. The third kappa shape index (κ3) is 3.73. The van der Waals surface area contributed by atoms with E-state index < -0.39 is 0 Å². The van der Waals surface area contributed by atoms with Crippen LogP contribution in [0.1, 0.15) is 34.8 Å². The third-order valence-corrected chi connectivity index (χ3v) is 6.58. The molecular formula is C24H20ClN3O2S. The van der Waals surface area contributed by atoms with Gasteiger partial charge in [-0.25, -0.2) is 4.68 Å². The molecule has 1 aliphatic rings. The largest absolute Gasteiger partial charge is 0.507 e. The van der Waals surface area contributed by atoms with Crippen molar-refractivity contribution in [3.05, 3.63) is 87.4 Å². The van der Waals surface area contributed by atoms with Gasteiger partial charge in [0, 0.05) is 23.7 Å². The summed E-state index contributed by atoms with van der Waals surface area (Å²) in [5.74, 6) is 0.249. The fraction of sp³-hybridized carbons (Fsp3) is 0.167. The maximum atomic E-state index is 10.6. The Hall–Kier alpha value is -3.09. The first kappa shape index (κ1) is 19.8. The van der Waals surface area contributed by atoms with Gasteiger partial charge in [-0.2, -0.15) is 5.10 Å². The first-order valence-corrected chi connectivity index (χ1v) is 11.1. The average molecular weight is 450 g/mol. The molecule has 1 unspecified atom stereocenters. The molecule has 2 aromatic carbocycles. The molecule has 31 heavy (non-hydrogen) atoms. The Balaban J connectivity index is 1.53.